The molecule has 4 aromatic rings. The Morgan fingerprint density at radius 2 is 1.62 bits per heavy atom. The minimum absolute atomic E-state index is 0.335. The van der Waals surface area contributed by atoms with Crippen molar-refractivity contribution in [3.8, 4) is 22.9 Å². The van der Waals surface area contributed by atoms with Gasteiger partial charge in [0, 0.05) is 31.3 Å². The second-order valence-corrected chi connectivity index (χ2v) is 9.69. The molecule has 8 heteroatoms. The fraction of sp³-hybridized carbons (Fsp3) is 0.323. The van der Waals surface area contributed by atoms with Crippen molar-refractivity contribution in [2.75, 3.05) is 17.1 Å². The van der Waals surface area contributed by atoms with Crippen molar-refractivity contribution in [2.24, 2.45) is 0 Å². The number of hydrogen-bond acceptors (Lipinski definition) is 7. The lowest BCUT2D eigenvalue weighted by atomic mass is 10.1. The normalized spacial score (nSPS) is 10.4. The third-order valence-electron chi connectivity index (χ3n) is 5.80. The van der Waals surface area contributed by atoms with Gasteiger partial charge in [-0.3, -0.25) is 0 Å². The van der Waals surface area contributed by atoms with Gasteiger partial charge >= 0.3 is 0 Å². The summed E-state index contributed by atoms with van der Waals surface area (Å²) in [5, 5.41) is 2.91. The van der Waals surface area contributed by atoms with Gasteiger partial charge in [-0.15, -0.1) is 0 Å². The van der Waals surface area contributed by atoms with Crippen LogP contribution in [-0.2, 0) is 5.75 Å². The number of nitrogens with one attached hydrogen (secondary N) is 2. The van der Waals surface area contributed by atoms with E-state index < -0.39 is 5.82 Å². The number of halogens is 1. The van der Waals surface area contributed by atoms with Crippen LogP contribution in [0.4, 0.5) is 16.0 Å². The van der Waals surface area contributed by atoms with Crippen LogP contribution in [0.2, 0.25) is 0 Å². The minimum Gasteiger partial charge on any atom is -0.438 e. The van der Waals surface area contributed by atoms with E-state index in [9.17, 15) is 4.39 Å². The predicted octanol–water partition coefficient (Wildman–Crippen LogP) is 9.14. The molecule has 0 atom stereocenters. The van der Waals surface area contributed by atoms with Gasteiger partial charge in [0.05, 0.1) is 16.9 Å². The summed E-state index contributed by atoms with van der Waals surface area (Å²) in [4.78, 5) is 12.8. The Morgan fingerprint density at radius 3 is 2.31 bits per heavy atom. The van der Waals surface area contributed by atoms with E-state index in [4.69, 9.17) is 4.74 Å². The second-order valence-electron chi connectivity index (χ2n) is 8.91. The van der Waals surface area contributed by atoms with Crippen LogP contribution in [0.5, 0.6) is 11.6 Å². The lowest BCUT2D eigenvalue weighted by molar-refractivity contribution is 0.460. The molecule has 0 fully saturated rings. The molecule has 0 radical (unpaired) electrons. The van der Waals surface area contributed by atoms with Crippen LogP contribution in [0, 0.1) is 5.82 Å². The molecule has 0 unspecified atom stereocenters. The summed E-state index contributed by atoms with van der Waals surface area (Å²) < 4.78 is 23.5. The minimum atomic E-state index is -0.407. The van der Waals surface area contributed by atoms with Gasteiger partial charge in [0.25, 0.3) is 0 Å². The summed E-state index contributed by atoms with van der Waals surface area (Å²) in [6.07, 6.45) is 11.8. The maximum atomic E-state index is 14.6. The molecule has 0 saturated carbocycles. The highest BCUT2D eigenvalue weighted by atomic mass is 32.2. The molecule has 206 valence electrons. The molecule has 0 saturated heterocycles. The highest BCUT2D eigenvalue weighted by Crippen LogP contribution is 2.32. The van der Waals surface area contributed by atoms with Gasteiger partial charge < -0.3 is 14.8 Å². The summed E-state index contributed by atoms with van der Waals surface area (Å²) in [7, 11) is 1.75. The second kappa shape index (κ2) is 17.0. The Bertz CT molecular complexity index is 1250. The Kier molecular flexibility index (Phi) is 13.1. The number of aromatic nitrogens is 3. The van der Waals surface area contributed by atoms with Gasteiger partial charge in [-0.05, 0) is 47.8 Å². The van der Waals surface area contributed by atoms with Crippen LogP contribution in [0.1, 0.15) is 57.9 Å². The molecule has 2 heterocycles. The molecule has 2 aromatic carbocycles. The first-order chi connectivity index (χ1) is 19.1. The standard InChI is InChI=1S/C23H20FN5OS.C8H18/c1-25-23-27-13-11-20(28-23)18-8-5-12-26-22(18)30-17-9-10-21(19(24)14-17)29-31-15-16-6-3-2-4-7-16;1-3-5-7-8-6-4-2/h2-14,29H,15H2,1H3,(H,25,27,28);3-8H2,1-2H3. The molecule has 39 heavy (non-hydrogen) atoms. The number of anilines is 2. The summed E-state index contributed by atoms with van der Waals surface area (Å²) >= 11 is 1.42. The van der Waals surface area contributed by atoms with Crippen molar-refractivity contribution in [3.05, 3.63) is 90.5 Å². The van der Waals surface area contributed by atoms with Crippen LogP contribution in [-0.4, -0.2) is 22.0 Å². The Balaban J connectivity index is 0.000000459. The van der Waals surface area contributed by atoms with Crippen LogP contribution < -0.4 is 14.8 Å². The van der Waals surface area contributed by atoms with E-state index in [0.29, 0.717) is 34.5 Å². The number of pyridine rings is 1. The molecule has 0 aliphatic rings. The Labute approximate surface area is 236 Å². The molecule has 0 aliphatic carbocycles. The molecule has 0 aliphatic heterocycles. The van der Waals surface area contributed by atoms with E-state index >= 15 is 0 Å². The number of rotatable bonds is 13. The largest absolute Gasteiger partial charge is 0.438 e. The van der Waals surface area contributed by atoms with E-state index in [1.807, 2.05) is 36.4 Å². The number of ether oxygens (including phenoxy) is 1. The first-order valence-corrected chi connectivity index (χ1v) is 14.5. The maximum absolute atomic E-state index is 14.6. The Morgan fingerprint density at radius 1 is 0.846 bits per heavy atom. The highest BCUT2D eigenvalue weighted by molar-refractivity contribution is 7.99. The summed E-state index contributed by atoms with van der Waals surface area (Å²) in [6.45, 7) is 4.51. The lowest BCUT2D eigenvalue weighted by Crippen LogP contribution is -1.99. The zero-order valence-electron chi connectivity index (χ0n) is 23.0. The first-order valence-electron chi connectivity index (χ1n) is 13.5. The van der Waals surface area contributed by atoms with E-state index in [2.05, 4.69) is 38.8 Å². The van der Waals surface area contributed by atoms with Crippen LogP contribution in [0.15, 0.2) is 79.1 Å². The third kappa shape index (κ3) is 10.2. The molecular formula is C31H38FN5OS. The van der Waals surface area contributed by atoms with Crippen molar-refractivity contribution in [2.45, 2.75) is 58.1 Å². The smallest absolute Gasteiger partial charge is 0.228 e. The average Bonchev–Trinajstić information content (AvgIpc) is 2.98. The van der Waals surface area contributed by atoms with Gasteiger partial charge in [0.15, 0.2) is 5.82 Å². The quantitative estimate of drug-likeness (QED) is 0.128. The van der Waals surface area contributed by atoms with E-state index in [0.717, 1.165) is 11.3 Å². The number of hydrogen-bond donors (Lipinski definition) is 2. The fourth-order valence-corrected chi connectivity index (χ4v) is 4.43. The number of unbranched alkanes of at least 4 members (excludes halogenated alkanes) is 5. The molecule has 6 nitrogen and oxygen atoms in total. The number of benzene rings is 2. The SMILES string of the molecule is CCCCCCCC.CNc1nccc(-c2cccnc2Oc2ccc(NSCc3ccccc3)c(F)c2)n1. The topological polar surface area (TPSA) is 72.0 Å². The molecule has 0 bridgehead atoms. The summed E-state index contributed by atoms with van der Waals surface area (Å²) in [5.74, 6) is 1.49. The molecule has 4 rings (SSSR count). The first kappa shape index (κ1) is 29.9. The number of nitrogens with zero attached hydrogens (tertiary/aromatic N) is 3. The van der Waals surface area contributed by atoms with Gasteiger partial charge in [-0.1, -0.05) is 82.7 Å². The molecule has 0 spiro atoms. The lowest BCUT2D eigenvalue weighted by Gasteiger charge is -2.12. The van der Waals surface area contributed by atoms with E-state index in [1.54, 1.807) is 43.7 Å². The van der Waals surface area contributed by atoms with Gasteiger partial charge in [0.1, 0.15) is 5.75 Å². The molecule has 2 aromatic heterocycles. The zero-order valence-corrected chi connectivity index (χ0v) is 23.8. The van der Waals surface area contributed by atoms with Crippen molar-refractivity contribution in [1.82, 2.24) is 15.0 Å². The van der Waals surface area contributed by atoms with Crippen molar-refractivity contribution < 1.29 is 9.13 Å². The van der Waals surface area contributed by atoms with E-state index in [1.165, 1.54) is 56.5 Å². The van der Waals surface area contributed by atoms with Gasteiger partial charge in [-0.2, -0.15) is 0 Å². The van der Waals surface area contributed by atoms with Crippen LogP contribution >= 0.6 is 11.9 Å². The van der Waals surface area contributed by atoms with Gasteiger partial charge in [-0.25, -0.2) is 19.3 Å². The summed E-state index contributed by atoms with van der Waals surface area (Å²) in [5.41, 5.74) is 2.89. The third-order valence-corrected chi connectivity index (χ3v) is 6.64. The molecule has 2 N–H and O–H groups in total. The summed E-state index contributed by atoms with van der Waals surface area (Å²) in [6, 6.07) is 20.1. The van der Waals surface area contributed by atoms with Crippen molar-refractivity contribution in [3.63, 3.8) is 0 Å². The van der Waals surface area contributed by atoms with E-state index in [-0.39, 0.29) is 0 Å². The monoisotopic (exact) mass is 547 g/mol. The molecule has 0 amide bonds. The molecular weight excluding hydrogens is 509 g/mol. The Hall–Kier alpha value is -3.65. The zero-order chi connectivity index (χ0) is 27.7. The van der Waals surface area contributed by atoms with Crippen LogP contribution in [0.3, 0.4) is 0 Å². The fourth-order valence-electron chi connectivity index (χ4n) is 3.67. The predicted molar refractivity (Wildman–Crippen MR) is 162 cm³/mol. The van der Waals surface area contributed by atoms with Crippen molar-refractivity contribution >= 4 is 23.6 Å². The average molecular weight is 548 g/mol. The van der Waals surface area contributed by atoms with Crippen molar-refractivity contribution in [1.29, 1.82) is 0 Å². The van der Waals surface area contributed by atoms with Gasteiger partial charge in [0.2, 0.25) is 11.8 Å². The maximum Gasteiger partial charge on any atom is 0.228 e. The highest BCUT2D eigenvalue weighted by Gasteiger charge is 2.12. The van der Waals surface area contributed by atoms with Crippen LogP contribution in [0.25, 0.3) is 11.3 Å².